The number of hydrogen-bond donors (Lipinski definition) is 1. The number of aldehydes is 1. The topological polar surface area (TPSA) is 54.9 Å². The summed E-state index contributed by atoms with van der Waals surface area (Å²) < 4.78 is 13.8. The smallest absolute Gasteiger partial charge is 0.165 e. The minimum atomic E-state index is -0.631. The molecule has 98 valence electrons. The number of rotatable bonds is 3. The molecule has 0 bridgehead atoms. The van der Waals surface area contributed by atoms with Crippen LogP contribution in [0.4, 0.5) is 15.9 Å². The molecular formula is C12H8Cl2FN3O. The Morgan fingerprint density at radius 1 is 1.32 bits per heavy atom. The molecule has 2 aromatic rings. The Balaban J connectivity index is 2.49. The number of aromatic nitrogens is 2. The molecule has 0 spiro atoms. The summed E-state index contributed by atoms with van der Waals surface area (Å²) in [4.78, 5) is 18.9. The second kappa shape index (κ2) is 5.50. The van der Waals surface area contributed by atoms with Crippen molar-refractivity contribution in [2.24, 2.45) is 0 Å². The highest BCUT2D eigenvalue weighted by atomic mass is 35.5. The van der Waals surface area contributed by atoms with Crippen LogP contribution >= 0.6 is 23.2 Å². The van der Waals surface area contributed by atoms with Crippen molar-refractivity contribution in [3.63, 3.8) is 0 Å². The van der Waals surface area contributed by atoms with Crippen LogP contribution in [0.5, 0.6) is 0 Å². The molecule has 0 unspecified atom stereocenters. The second-order valence-corrected chi connectivity index (χ2v) is 4.43. The molecule has 1 aromatic carbocycles. The van der Waals surface area contributed by atoms with E-state index < -0.39 is 5.82 Å². The monoisotopic (exact) mass is 299 g/mol. The number of nitrogens with zero attached hydrogens (tertiary/aromatic N) is 2. The Hall–Kier alpha value is -1.72. The van der Waals surface area contributed by atoms with Crippen molar-refractivity contribution in [1.82, 2.24) is 9.97 Å². The summed E-state index contributed by atoms with van der Waals surface area (Å²) in [6.45, 7) is 1.61. The van der Waals surface area contributed by atoms with E-state index in [2.05, 4.69) is 15.3 Å². The van der Waals surface area contributed by atoms with Gasteiger partial charge in [-0.3, -0.25) is 4.79 Å². The molecule has 1 N–H and O–H groups in total. The summed E-state index contributed by atoms with van der Waals surface area (Å²) >= 11 is 11.5. The largest absolute Gasteiger partial charge is 0.337 e. The van der Waals surface area contributed by atoms with Crippen molar-refractivity contribution in [3.05, 3.63) is 45.6 Å². The molecule has 0 aliphatic carbocycles. The lowest BCUT2D eigenvalue weighted by atomic mass is 10.2. The maximum absolute atomic E-state index is 13.8. The van der Waals surface area contributed by atoms with E-state index in [1.807, 2.05) is 0 Å². The highest BCUT2D eigenvalue weighted by molar-refractivity contribution is 6.32. The molecule has 0 aliphatic rings. The second-order valence-electron chi connectivity index (χ2n) is 3.67. The van der Waals surface area contributed by atoms with Crippen LogP contribution < -0.4 is 5.32 Å². The van der Waals surface area contributed by atoms with Gasteiger partial charge in [0.15, 0.2) is 12.1 Å². The van der Waals surface area contributed by atoms with Gasteiger partial charge < -0.3 is 5.32 Å². The Kier molecular flexibility index (Phi) is 3.97. The number of anilines is 2. The zero-order chi connectivity index (χ0) is 14.0. The molecular weight excluding hydrogens is 292 g/mol. The molecule has 0 amide bonds. The summed E-state index contributed by atoms with van der Waals surface area (Å²) in [6.07, 6.45) is 0.507. The quantitative estimate of drug-likeness (QED) is 0.692. The molecule has 0 saturated carbocycles. The van der Waals surface area contributed by atoms with Gasteiger partial charge in [-0.25, -0.2) is 14.4 Å². The Bertz CT molecular complexity index is 649. The van der Waals surface area contributed by atoms with Crippen molar-refractivity contribution in [2.45, 2.75) is 6.92 Å². The fraction of sp³-hybridized carbons (Fsp3) is 0.0833. The van der Waals surface area contributed by atoms with E-state index in [0.717, 1.165) is 0 Å². The zero-order valence-corrected chi connectivity index (χ0v) is 11.3. The average molecular weight is 300 g/mol. The van der Waals surface area contributed by atoms with Crippen LogP contribution in [0.2, 0.25) is 10.2 Å². The molecule has 19 heavy (non-hydrogen) atoms. The molecule has 2 rings (SSSR count). The summed E-state index contributed by atoms with van der Waals surface area (Å²) in [7, 11) is 0. The van der Waals surface area contributed by atoms with Crippen LogP contribution in [0, 0.1) is 12.7 Å². The van der Waals surface area contributed by atoms with Gasteiger partial charge in [0.2, 0.25) is 0 Å². The minimum absolute atomic E-state index is 0.00689. The molecule has 1 heterocycles. The van der Waals surface area contributed by atoms with Crippen LogP contribution in [0.3, 0.4) is 0 Å². The van der Waals surface area contributed by atoms with E-state index >= 15 is 0 Å². The minimum Gasteiger partial charge on any atom is -0.337 e. The van der Waals surface area contributed by atoms with E-state index in [-0.39, 0.29) is 27.2 Å². The Labute approximate surface area is 118 Å². The first-order valence-electron chi connectivity index (χ1n) is 5.23. The summed E-state index contributed by atoms with van der Waals surface area (Å²) in [5, 5.41) is 2.66. The van der Waals surface area contributed by atoms with Crippen molar-refractivity contribution in [1.29, 1.82) is 0 Å². The van der Waals surface area contributed by atoms with Crippen LogP contribution in [0.1, 0.15) is 16.2 Å². The van der Waals surface area contributed by atoms with Gasteiger partial charge in [0.1, 0.15) is 16.8 Å². The maximum Gasteiger partial charge on any atom is 0.165 e. The van der Waals surface area contributed by atoms with Crippen molar-refractivity contribution in [2.75, 3.05) is 5.32 Å². The fourth-order valence-corrected chi connectivity index (χ4v) is 1.91. The van der Waals surface area contributed by atoms with E-state index in [0.29, 0.717) is 12.1 Å². The first-order chi connectivity index (χ1) is 9.02. The van der Waals surface area contributed by atoms with E-state index in [1.165, 1.54) is 12.1 Å². The van der Waals surface area contributed by atoms with E-state index in [1.54, 1.807) is 13.0 Å². The maximum atomic E-state index is 13.8. The number of halogens is 3. The summed E-state index contributed by atoms with van der Waals surface area (Å²) in [5.74, 6) is -0.136. The lowest BCUT2D eigenvalue weighted by Crippen LogP contribution is -2.04. The van der Waals surface area contributed by atoms with Gasteiger partial charge in [0, 0.05) is 0 Å². The van der Waals surface area contributed by atoms with E-state index in [4.69, 9.17) is 23.2 Å². The Morgan fingerprint density at radius 2 is 2.05 bits per heavy atom. The average Bonchev–Trinajstić information content (AvgIpc) is 2.34. The molecule has 7 heteroatoms. The normalized spacial score (nSPS) is 10.3. The molecule has 4 nitrogen and oxygen atoms in total. The molecule has 0 saturated heterocycles. The number of nitrogens with one attached hydrogen (secondary N) is 1. The van der Waals surface area contributed by atoms with Gasteiger partial charge in [-0.2, -0.15) is 0 Å². The van der Waals surface area contributed by atoms with Gasteiger partial charge in [-0.15, -0.1) is 0 Å². The van der Waals surface area contributed by atoms with Crippen LogP contribution in [0.25, 0.3) is 0 Å². The lowest BCUT2D eigenvalue weighted by Gasteiger charge is -2.10. The number of hydrogen-bond acceptors (Lipinski definition) is 4. The predicted octanol–water partition coefficient (Wildman–Crippen LogP) is 3.79. The number of benzene rings is 1. The van der Waals surface area contributed by atoms with Gasteiger partial charge >= 0.3 is 0 Å². The third-order valence-electron chi connectivity index (χ3n) is 2.33. The Morgan fingerprint density at radius 3 is 2.74 bits per heavy atom. The number of carbonyl (C=O) groups is 1. The van der Waals surface area contributed by atoms with Gasteiger partial charge in [-0.05, 0) is 19.1 Å². The summed E-state index contributed by atoms with van der Waals surface area (Å²) in [5.41, 5.74) is 0.163. The molecule has 0 aliphatic heterocycles. The van der Waals surface area contributed by atoms with Crippen molar-refractivity contribution < 1.29 is 9.18 Å². The van der Waals surface area contributed by atoms with Gasteiger partial charge in [0.05, 0.1) is 16.3 Å². The van der Waals surface area contributed by atoms with Crippen LogP contribution in [0.15, 0.2) is 18.2 Å². The van der Waals surface area contributed by atoms with E-state index in [9.17, 15) is 9.18 Å². The first kappa shape index (κ1) is 13.7. The van der Waals surface area contributed by atoms with Crippen LogP contribution in [-0.4, -0.2) is 16.3 Å². The third kappa shape index (κ3) is 2.83. The molecule has 0 atom stereocenters. The van der Waals surface area contributed by atoms with Gasteiger partial charge in [-0.1, -0.05) is 29.3 Å². The highest BCUT2D eigenvalue weighted by Gasteiger charge is 2.13. The SMILES string of the molecule is Cc1nc(Cl)c(C=O)c(Nc2cccc(Cl)c2F)n1. The van der Waals surface area contributed by atoms with Gasteiger partial charge in [0.25, 0.3) is 0 Å². The number of carbonyl (C=O) groups excluding carboxylic acids is 1. The zero-order valence-electron chi connectivity index (χ0n) is 9.75. The highest BCUT2D eigenvalue weighted by Crippen LogP contribution is 2.27. The lowest BCUT2D eigenvalue weighted by molar-refractivity contribution is 0.112. The summed E-state index contributed by atoms with van der Waals surface area (Å²) in [6, 6.07) is 4.46. The first-order valence-corrected chi connectivity index (χ1v) is 5.99. The molecule has 0 fully saturated rings. The standard InChI is InChI=1S/C12H8Cl2FN3O/c1-6-16-11(14)7(5-19)12(17-6)18-9-4-2-3-8(13)10(9)15/h2-5H,1H3,(H,16,17,18). The van der Waals surface area contributed by atoms with Crippen LogP contribution in [-0.2, 0) is 0 Å². The molecule has 1 aromatic heterocycles. The van der Waals surface area contributed by atoms with Crippen molar-refractivity contribution in [3.8, 4) is 0 Å². The predicted molar refractivity (Wildman–Crippen MR) is 71.9 cm³/mol. The third-order valence-corrected chi connectivity index (χ3v) is 2.91. The molecule has 0 radical (unpaired) electrons. The fourth-order valence-electron chi connectivity index (χ4n) is 1.47. The van der Waals surface area contributed by atoms with Crippen molar-refractivity contribution >= 4 is 41.0 Å². The number of aryl methyl sites for hydroxylation is 1.